The van der Waals surface area contributed by atoms with Gasteiger partial charge >= 0.3 is 0 Å². The molecule has 1 amide bonds. The number of halogens is 2. The fourth-order valence-electron chi connectivity index (χ4n) is 2.12. The predicted molar refractivity (Wildman–Crippen MR) is 70.3 cm³/mol. The third kappa shape index (κ3) is 3.00. The molecule has 0 unspecified atom stereocenters. The van der Waals surface area contributed by atoms with E-state index in [1.807, 2.05) is 6.92 Å². The monoisotopic (exact) mass is 270 g/mol. The van der Waals surface area contributed by atoms with Gasteiger partial charge in [0.05, 0.1) is 11.1 Å². The van der Waals surface area contributed by atoms with Crippen molar-refractivity contribution in [1.29, 1.82) is 0 Å². The normalized spacial score (nSPS) is 17.7. The number of carbonyl (C=O) groups is 1. The lowest BCUT2D eigenvalue weighted by Crippen LogP contribution is -2.40. The number of anilines is 1. The molecule has 0 saturated carbocycles. The Labute approximate surface area is 111 Å². The third-order valence-corrected chi connectivity index (χ3v) is 3.54. The Hall–Kier alpha value is -1.13. The van der Waals surface area contributed by atoms with Crippen molar-refractivity contribution in [3.8, 4) is 0 Å². The van der Waals surface area contributed by atoms with Crippen molar-refractivity contribution in [1.82, 2.24) is 4.90 Å². The number of carbonyl (C=O) groups excluding carboxylic acids is 1. The lowest BCUT2D eigenvalue weighted by molar-refractivity contribution is -0.120. The molecule has 2 rings (SSSR count). The van der Waals surface area contributed by atoms with Crippen molar-refractivity contribution in [3.05, 3.63) is 29.0 Å². The first-order valence-electron chi connectivity index (χ1n) is 6.08. The molecule has 1 N–H and O–H groups in total. The summed E-state index contributed by atoms with van der Waals surface area (Å²) in [4.78, 5) is 14.1. The SMILES string of the molecule is C[C@@H](C(=O)Nc1ccc(F)c(Cl)c1)N1CCCC1. The van der Waals surface area contributed by atoms with Gasteiger partial charge in [-0.05, 0) is 51.1 Å². The summed E-state index contributed by atoms with van der Waals surface area (Å²) in [6.07, 6.45) is 2.28. The first kappa shape index (κ1) is 13.3. The molecule has 0 aliphatic carbocycles. The number of hydrogen-bond acceptors (Lipinski definition) is 2. The second-order valence-electron chi connectivity index (χ2n) is 4.54. The molecule has 98 valence electrons. The van der Waals surface area contributed by atoms with Crippen LogP contribution in [0.4, 0.5) is 10.1 Å². The van der Waals surface area contributed by atoms with E-state index in [1.54, 1.807) is 0 Å². The van der Waals surface area contributed by atoms with Gasteiger partial charge < -0.3 is 5.32 Å². The maximum Gasteiger partial charge on any atom is 0.241 e. The highest BCUT2D eigenvalue weighted by Crippen LogP contribution is 2.20. The molecule has 1 aliphatic rings. The number of benzene rings is 1. The number of rotatable bonds is 3. The quantitative estimate of drug-likeness (QED) is 0.916. The van der Waals surface area contributed by atoms with Gasteiger partial charge in [0.25, 0.3) is 0 Å². The van der Waals surface area contributed by atoms with Crippen molar-refractivity contribution in [3.63, 3.8) is 0 Å². The minimum absolute atomic E-state index is 0.0154. The molecule has 0 bridgehead atoms. The van der Waals surface area contributed by atoms with Gasteiger partial charge in [-0.15, -0.1) is 0 Å². The van der Waals surface area contributed by atoms with Crippen LogP contribution < -0.4 is 5.32 Å². The highest BCUT2D eigenvalue weighted by molar-refractivity contribution is 6.31. The van der Waals surface area contributed by atoms with Crippen LogP contribution in [-0.4, -0.2) is 29.9 Å². The lowest BCUT2D eigenvalue weighted by atomic mass is 10.2. The number of nitrogens with one attached hydrogen (secondary N) is 1. The maximum absolute atomic E-state index is 13.0. The molecular formula is C13H16ClFN2O. The van der Waals surface area contributed by atoms with Crippen molar-refractivity contribution in [2.75, 3.05) is 18.4 Å². The molecule has 1 fully saturated rings. The minimum atomic E-state index is -0.484. The van der Waals surface area contributed by atoms with E-state index in [-0.39, 0.29) is 17.0 Å². The van der Waals surface area contributed by atoms with Crippen LogP contribution in [0, 0.1) is 5.82 Å². The molecule has 3 nitrogen and oxygen atoms in total. The van der Waals surface area contributed by atoms with E-state index >= 15 is 0 Å². The minimum Gasteiger partial charge on any atom is -0.325 e. The summed E-state index contributed by atoms with van der Waals surface area (Å²) >= 11 is 5.67. The van der Waals surface area contributed by atoms with Crippen molar-refractivity contribution in [2.24, 2.45) is 0 Å². The Morgan fingerprint density at radius 3 is 2.72 bits per heavy atom. The Morgan fingerprint density at radius 1 is 1.44 bits per heavy atom. The predicted octanol–water partition coefficient (Wildman–Crippen LogP) is 2.90. The van der Waals surface area contributed by atoms with Crippen molar-refractivity contribution >= 4 is 23.2 Å². The molecule has 1 aromatic rings. The largest absolute Gasteiger partial charge is 0.325 e. The van der Waals surface area contributed by atoms with Crippen LogP contribution in [0.5, 0.6) is 0 Å². The van der Waals surface area contributed by atoms with Gasteiger partial charge in [-0.3, -0.25) is 9.69 Å². The van der Waals surface area contributed by atoms with E-state index < -0.39 is 5.82 Å². The average Bonchev–Trinajstić information content (AvgIpc) is 2.86. The number of nitrogens with zero attached hydrogens (tertiary/aromatic N) is 1. The van der Waals surface area contributed by atoms with Crippen LogP contribution in [0.25, 0.3) is 0 Å². The molecule has 1 heterocycles. The van der Waals surface area contributed by atoms with Gasteiger partial charge in [-0.2, -0.15) is 0 Å². The zero-order valence-corrected chi connectivity index (χ0v) is 11.0. The standard InChI is InChI=1S/C13H16ClFN2O/c1-9(17-6-2-3-7-17)13(18)16-10-4-5-12(15)11(14)8-10/h4-5,8-9H,2-3,6-7H2,1H3,(H,16,18)/t9-/m0/s1. The van der Waals surface area contributed by atoms with Crippen LogP contribution in [0.2, 0.25) is 5.02 Å². The summed E-state index contributed by atoms with van der Waals surface area (Å²) in [6, 6.07) is 4.01. The molecule has 0 spiro atoms. The molecule has 1 aromatic carbocycles. The molecule has 1 atom stereocenters. The Bertz CT molecular complexity index is 447. The highest BCUT2D eigenvalue weighted by Gasteiger charge is 2.23. The van der Waals surface area contributed by atoms with Gasteiger partial charge in [0.15, 0.2) is 0 Å². The van der Waals surface area contributed by atoms with E-state index in [0.29, 0.717) is 5.69 Å². The number of likely N-dealkylation sites (tertiary alicyclic amines) is 1. The smallest absolute Gasteiger partial charge is 0.241 e. The van der Waals surface area contributed by atoms with Crippen LogP contribution >= 0.6 is 11.6 Å². The van der Waals surface area contributed by atoms with E-state index in [9.17, 15) is 9.18 Å². The van der Waals surface area contributed by atoms with E-state index in [2.05, 4.69) is 10.2 Å². The molecular weight excluding hydrogens is 255 g/mol. The summed E-state index contributed by atoms with van der Waals surface area (Å²) in [5, 5.41) is 2.77. The van der Waals surface area contributed by atoms with Gasteiger partial charge in [0, 0.05) is 5.69 Å². The highest BCUT2D eigenvalue weighted by atomic mass is 35.5. The fraction of sp³-hybridized carbons (Fsp3) is 0.462. The molecule has 0 radical (unpaired) electrons. The summed E-state index contributed by atoms with van der Waals surface area (Å²) < 4.78 is 13.0. The summed E-state index contributed by atoms with van der Waals surface area (Å²) in [5.41, 5.74) is 0.525. The van der Waals surface area contributed by atoms with Crippen molar-refractivity contribution < 1.29 is 9.18 Å². The van der Waals surface area contributed by atoms with E-state index in [1.165, 1.54) is 18.2 Å². The Morgan fingerprint density at radius 2 is 2.11 bits per heavy atom. The van der Waals surface area contributed by atoms with Crippen LogP contribution in [0.3, 0.4) is 0 Å². The van der Waals surface area contributed by atoms with Crippen LogP contribution in [0.1, 0.15) is 19.8 Å². The molecule has 0 aromatic heterocycles. The summed E-state index contributed by atoms with van der Waals surface area (Å²) in [6.45, 7) is 3.79. The zero-order valence-electron chi connectivity index (χ0n) is 10.2. The fourth-order valence-corrected chi connectivity index (χ4v) is 2.30. The van der Waals surface area contributed by atoms with Crippen molar-refractivity contribution in [2.45, 2.75) is 25.8 Å². The van der Waals surface area contributed by atoms with Crippen LogP contribution in [-0.2, 0) is 4.79 Å². The topological polar surface area (TPSA) is 32.3 Å². The second kappa shape index (κ2) is 5.67. The molecule has 1 aliphatic heterocycles. The van der Waals surface area contributed by atoms with Gasteiger partial charge in [-0.1, -0.05) is 11.6 Å². The second-order valence-corrected chi connectivity index (χ2v) is 4.94. The van der Waals surface area contributed by atoms with Crippen LogP contribution in [0.15, 0.2) is 18.2 Å². The van der Waals surface area contributed by atoms with Gasteiger partial charge in [0.2, 0.25) is 5.91 Å². The number of hydrogen-bond donors (Lipinski definition) is 1. The van der Waals surface area contributed by atoms with Gasteiger partial charge in [0.1, 0.15) is 5.82 Å². The Balaban J connectivity index is 1.99. The zero-order chi connectivity index (χ0) is 13.1. The molecule has 5 heteroatoms. The Kier molecular flexibility index (Phi) is 4.19. The summed E-state index contributed by atoms with van der Waals surface area (Å²) in [5.74, 6) is -0.568. The number of amides is 1. The molecule has 18 heavy (non-hydrogen) atoms. The first-order chi connectivity index (χ1) is 8.58. The third-order valence-electron chi connectivity index (χ3n) is 3.25. The average molecular weight is 271 g/mol. The van der Waals surface area contributed by atoms with E-state index in [0.717, 1.165) is 25.9 Å². The molecule has 1 saturated heterocycles. The van der Waals surface area contributed by atoms with Gasteiger partial charge in [-0.25, -0.2) is 4.39 Å². The lowest BCUT2D eigenvalue weighted by Gasteiger charge is -2.22. The summed E-state index contributed by atoms with van der Waals surface area (Å²) in [7, 11) is 0. The van der Waals surface area contributed by atoms with E-state index in [4.69, 9.17) is 11.6 Å². The first-order valence-corrected chi connectivity index (χ1v) is 6.45. The maximum atomic E-state index is 13.0.